The fourth-order valence-electron chi connectivity index (χ4n) is 7.82. The summed E-state index contributed by atoms with van der Waals surface area (Å²) in [5.41, 5.74) is 15.5. The minimum atomic E-state index is -0.225. The Morgan fingerprint density at radius 3 is 2.20 bits per heavy atom. The molecule has 44 heavy (non-hydrogen) atoms. The number of allylic oxidation sites excluding steroid dienone is 4. The zero-order valence-electron chi connectivity index (χ0n) is 25.7. The number of para-hydroxylation sites is 1. The Balaban J connectivity index is 1.39. The van der Waals surface area contributed by atoms with Crippen molar-refractivity contribution in [3.63, 3.8) is 0 Å². The average Bonchev–Trinajstić information content (AvgIpc) is 3.61. The molecule has 0 saturated carbocycles. The number of rotatable bonds is 5. The number of anilines is 1. The van der Waals surface area contributed by atoms with Gasteiger partial charge in [-0.05, 0) is 68.8 Å². The van der Waals surface area contributed by atoms with Crippen LogP contribution in [0.5, 0.6) is 0 Å². The molecule has 2 aliphatic carbocycles. The van der Waals surface area contributed by atoms with Gasteiger partial charge in [-0.25, -0.2) is 0 Å². The van der Waals surface area contributed by atoms with Crippen LogP contribution < -0.4 is 5.32 Å². The van der Waals surface area contributed by atoms with E-state index in [-0.39, 0.29) is 10.8 Å². The van der Waals surface area contributed by atoms with Crippen molar-refractivity contribution in [2.24, 2.45) is 0 Å². The van der Waals surface area contributed by atoms with Crippen LogP contribution >= 0.6 is 0 Å². The molecule has 1 heterocycles. The van der Waals surface area contributed by atoms with Gasteiger partial charge in [-0.3, -0.25) is 0 Å². The minimum absolute atomic E-state index is 0.162. The van der Waals surface area contributed by atoms with Crippen LogP contribution in [0.15, 0.2) is 132 Å². The first kappa shape index (κ1) is 26.5. The number of fused-ring (bicyclic) bond motifs is 12. The van der Waals surface area contributed by atoms with Gasteiger partial charge >= 0.3 is 0 Å². The van der Waals surface area contributed by atoms with E-state index in [0.717, 1.165) is 28.1 Å². The number of hydrogen-bond donors (Lipinski definition) is 1. The molecule has 0 saturated heterocycles. The fraction of sp³-hybridized carbons (Fsp3) is 0.143. The molecule has 214 valence electrons. The first-order valence-electron chi connectivity index (χ1n) is 15.4. The highest BCUT2D eigenvalue weighted by atomic mass is 16.3. The highest BCUT2D eigenvalue weighted by Gasteiger charge is 2.48. The Morgan fingerprint density at radius 1 is 0.705 bits per heavy atom. The maximum absolute atomic E-state index is 6.79. The molecule has 5 aromatic carbocycles. The highest BCUT2D eigenvalue weighted by Crippen LogP contribution is 2.63. The van der Waals surface area contributed by atoms with Gasteiger partial charge < -0.3 is 9.73 Å². The highest BCUT2D eigenvalue weighted by molar-refractivity contribution is 6.20. The lowest BCUT2D eigenvalue weighted by molar-refractivity contribution is 0.600. The van der Waals surface area contributed by atoms with Crippen molar-refractivity contribution >= 4 is 33.3 Å². The second-order valence-corrected chi connectivity index (χ2v) is 13.1. The van der Waals surface area contributed by atoms with Crippen LogP contribution in [-0.2, 0) is 10.8 Å². The molecular formula is C42H35NO. The SMILES string of the molecule is C=C/C=C\C=C(\Nc1ccc2c(c1)C(C)(C)c1c3c(c4oc5ccccc5c4c1-2)-c1ccccc1C3(C)C)c1ccccc1. The lowest BCUT2D eigenvalue weighted by Gasteiger charge is -2.31. The van der Waals surface area contributed by atoms with Crippen LogP contribution in [-0.4, -0.2) is 0 Å². The van der Waals surface area contributed by atoms with Crippen molar-refractivity contribution in [2.45, 2.75) is 38.5 Å². The third kappa shape index (κ3) is 3.61. The predicted octanol–water partition coefficient (Wildman–Crippen LogP) is 11.4. The summed E-state index contributed by atoms with van der Waals surface area (Å²) in [5.74, 6) is 0. The molecule has 0 spiro atoms. The van der Waals surface area contributed by atoms with Crippen molar-refractivity contribution in [1.82, 2.24) is 0 Å². The van der Waals surface area contributed by atoms with E-state index in [9.17, 15) is 0 Å². The van der Waals surface area contributed by atoms with E-state index < -0.39 is 0 Å². The van der Waals surface area contributed by atoms with E-state index in [1.165, 1.54) is 55.3 Å². The Morgan fingerprint density at radius 2 is 1.39 bits per heavy atom. The number of nitrogens with one attached hydrogen (secondary N) is 1. The summed E-state index contributed by atoms with van der Waals surface area (Å²) in [5, 5.41) is 6.16. The van der Waals surface area contributed by atoms with E-state index >= 15 is 0 Å². The molecule has 0 unspecified atom stereocenters. The Kier molecular flexibility index (Phi) is 5.71. The lowest BCUT2D eigenvalue weighted by atomic mass is 9.72. The molecule has 0 bridgehead atoms. The van der Waals surface area contributed by atoms with E-state index in [1.54, 1.807) is 6.08 Å². The molecule has 0 radical (unpaired) electrons. The zero-order valence-corrected chi connectivity index (χ0v) is 25.7. The molecule has 1 aromatic heterocycles. The predicted molar refractivity (Wildman–Crippen MR) is 186 cm³/mol. The van der Waals surface area contributed by atoms with Crippen LogP contribution in [0.3, 0.4) is 0 Å². The summed E-state index contributed by atoms with van der Waals surface area (Å²) in [6.07, 6.45) is 7.89. The first-order chi connectivity index (χ1) is 21.3. The second-order valence-electron chi connectivity index (χ2n) is 13.1. The molecule has 2 heteroatoms. The molecule has 0 atom stereocenters. The summed E-state index contributed by atoms with van der Waals surface area (Å²) in [4.78, 5) is 0. The van der Waals surface area contributed by atoms with Crippen LogP contribution in [0.1, 0.15) is 55.5 Å². The van der Waals surface area contributed by atoms with Crippen molar-refractivity contribution in [3.05, 3.63) is 156 Å². The average molecular weight is 570 g/mol. The molecule has 1 N–H and O–H groups in total. The summed E-state index contributed by atoms with van der Waals surface area (Å²) in [6, 6.07) is 34.8. The summed E-state index contributed by atoms with van der Waals surface area (Å²) < 4.78 is 6.79. The third-order valence-electron chi connectivity index (χ3n) is 9.78. The number of furan rings is 1. The van der Waals surface area contributed by atoms with Crippen LogP contribution in [0, 0.1) is 0 Å². The van der Waals surface area contributed by atoms with E-state index in [4.69, 9.17) is 4.42 Å². The zero-order chi connectivity index (χ0) is 30.2. The van der Waals surface area contributed by atoms with Crippen molar-refractivity contribution in [1.29, 1.82) is 0 Å². The van der Waals surface area contributed by atoms with Gasteiger partial charge in [-0.2, -0.15) is 0 Å². The van der Waals surface area contributed by atoms with E-state index in [0.29, 0.717) is 0 Å². The van der Waals surface area contributed by atoms with Crippen LogP contribution in [0.4, 0.5) is 5.69 Å². The van der Waals surface area contributed by atoms with Crippen LogP contribution in [0.25, 0.3) is 49.9 Å². The normalized spacial score (nSPS) is 15.8. The molecular weight excluding hydrogens is 534 g/mol. The van der Waals surface area contributed by atoms with E-state index in [2.05, 4.69) is 137 Å². The largest absolute Gasteiger partial charge is 0.455 e. The maximum Gasteiger partial charge on any atom is 0.144 e. The Labute approximate surface area is 259 Å². The molecule has 2 aliphatic rings. The minimum Gasteiger partial charge on any atom is -0.455 e. The van der Waals surface area contributed by atoms with Crippen molar-refractivity contribution in [3.8, 4) is 22.3 Å². The van der Waals surface area contributed by atoms with Crippen molar-refractivity contribution < 1.29 is 4.42 Å². The standard InChI is InChI=1S/C42H35NO/c1-6-7-9-21-33(26-16-10-8-11-17-26)43-27-23-24-29-32(25-27)42(4,5)38-35(29)36-30-19-13-15-22-34(30)44-40(36)37-28-18-12-14-20-31(28)41(2,3)39(37)38/h6-25,43H,1H2,2-5H3/b9-7-,33-21+. The van der Waals surface area contributed by atoms with Crippen molar-refractivity contribution in [2.75, 3.05) is 5.32 Å². The maximum atomic E-state index is 6.79. The van der Waals surface area contributed by atoms with Gasteiger partial charge in [0.1, 0.15) is 11.2 Å². The van der Waals surface area contributed by atoms with Gasteiger partial charge in [0.2, 0.25) is 0 Å². The second kappa shape index (κ2) is 9.46. The molecule has 8 rings (SSSR count). The fourth-order valence-corrected chi connectivity index (χ4v) is 7.82. The number of hydrogen-bond acceptors (Lipinski definition) is 2. The van der Waals surface area contributed by atoms with Crippen LogP contribution in [0.2, 0.25) is 0 Å². The van der Waals surface area contributed by atoms with E-state index in [1.807, 2.05) is 18.2 Å². The monoisotopic (exact) mass is 569 g/mol. The summed E-state index contributed by atoms with van der Waals surface area (Å²) in [6.45, 7) is 13.4. The molecule has 6 aromatic rings. The molecule has 2 nitrogen and oxygen atoms in total. The van der Waals surface area contributed by atoms with Gasteiger partial charge in [-0.15, -0.1) is 0 Å². The quantitative estimate of drug-likeness (QED) is 0.209. The summed E-state index contributed by atoms with van der Waals surface area (Å²) >= 11 is 0. The topological polar surface area (TPSA) is 25.2 Å². The van der Waals surface area contributed by atoms with Gasteiger partial charge in [0.15, 0.2) is 0 Å². The number of benzene rings is 5. The van der Waals surface area contributed by atoms with Gasteiger partial charge in [0.05, 0.1) is 0 Å². The lowest BCUT2D eigenvalue weighted by Crippen LogP contribution is -2.24. The van der Waals surface area contributed by atoms with Gasteiger partial charge in [0, 0.05) is 38.6 Å². The third-order valence-corrected chi connectivity index (χ3v) is 9.78. The first-order valence-corrected chi connectivity index (χ1v) is 15.4. The van der Waals surface area contributed by atoms with Gasteiger partial charge in [-0.1, -0.05) is 131 Å². The molecule has 0 aliphatic heterocycles. The summed E-state index contributed by atoms with van der Waals surface area (Å²) in [7, 11) is 0. The smallest absolute Gasteiger partial charge is 0.144 e. The molecule has 0 amide bonds. The molecule has 0 fully saturated rings. The Bertz CT molecular complexity index is 2200. The Hall–Kier alpha value is -5.08. The van der Waals surface area contributed by atoms with Gasteiger partial charge in [0.25, 0.3) is 0 Å².